The zero-order chi connectivity index (χ0) is 73.7. The second-order valence-corrected chi connectivity index (χ2v) is 28.5. The molecule has 0 fully saturated rings. The van der Waals surface area contributed by atoms with Gasteiger partial charge in [0.1, 0.15) is 44.7 Å². The molecule has 22 aromatic rings. The number of furan rings is 4. The van der Waals surface area contributed by atoms with E-state index in [2.05, 4.69) is 297 Å². The summed E-state index contributed by atoms with van der Waals surface area (Å²) < 4.78 is 26.3. The predicted molar refractivity (Wildman–Crippen MR) is 453 cm³/mol. The van der Waals surface area contributed by atoms with Crippen LogP contribution in [0.15, 0.2) is 382 Å². The molecular formula is C102H60N6O4. The Kier molecular flexibility index (Phi) is 15.0. The molecule has 0 aliphatic rings. The van der Waals surface area contributed by atoms with Crippen molar-refractivity contribution in [2.75, 3.05) is 0 Å². The van der Waals surface area contributed by atoms with Crippen LogP contribution >= 0.6 is 0 Å². The molecule has 16 aromatic carbocycles. The molecule has 10 nitrogen and oxygen atoms in total. The number of fused-ring (bicyclic) bond motifs is 12. The Hall–Kier alpha value is -15.3. The van der Waals surface area contributed by atoms with Crippen molar-refractivity contribution >= 4 is 87.8 Å². The van der Waals surface area contributed by atoms with Gasteiger partial charge in [-0.1, -0.05) is 255 Å². The van der Waals surface area contributed by atoms with E-state index in [1.54, 1.807) is 0 Å². The molecule has 0 aliphatic heterocycles. The second-order valence-electron chi connectivity index (χ2n) is 28.5. The number of hydrogen-bond acceptors (Lipinski definition) is 10. The third-order valence-electron chi connectivity index (χ3n) is 21.6. The molecular weight excluding hydrogens is 1370 g/mol. The molecule has 22 rings (SSSR count). The Morgan fingerprint density at radius 1 is 0.116 bits per heavy atom. The third kappa shape index (κ3) is 11.5. The molecule has 522 valence electrons. The van der Waals surface area contributed by atoms with Crippen molar-refractivity contribution in [2.45, 2.75) is 0 Å². The summed E-state index contributed by atoms with van der Waals surface area (Å²) in [6.07, 6.45) is 0. The zero-order valence-corrected chi connectivity index (χ0v) is 60.0. The van der Waals surface area contributed by atoms with Crippen LogP contribution in [-0.2, 0) is 0 Å². The number of hydrogen-bond donors (Lipinski definition) is 0. The van der Waals surface area contributed by atoms with Crippen LogP contribution in [0.1, 0.15) is 0 Å². The summed E-state index contributed by atoms with van der Waals surface area (Å²) in [6, 6.07) is 126. The van der Waals surface area contributed by atoms with Crippen LogP contribution < -0.4 is 0 Å². The van der Waals surface area contributed by atoms with Crippen LogP contribution in [-0.4, -0.2) is 29.9 Å². The first kappa shape index (κ1) is 64.0. The summed E-state index contributed by atoms with van der Waals surface area (Å²) in [5, 5.41) is 8.33. The van der Waals surface area contributed by atoms with Gasteiger partial charge in [-0.2, -0.15) is 0 Å². The van der Waals surface area contributed by atoms with Crippen LogP contribution in [0.4, 0.5) is 0 Å². The lowest BCUT2D eigenvalue weighted by atomic mass is 9.95. The van der Waals surface area contributed by atoms with Gasteiger partial charge in [-0.05, 0) is 187 Å². The maximum atomic E-state index is 6.84. The van der Waals surface area contributed by atoms with Gasteiger partial charge in [-0.15, -0.1) is 0 Å². The lowest BCUT2D eigenvalue weighted by Gasteiger charge is -2.13. The van der Waals surface area contributed by atoms with Crippen molar-refractivity contribution in [3.63, 3.8) is 0 Å². The first-order chi connectivity index (χ1) is 55.4. The number of benzene rings is 16. The Bertz CT molecular complexity index is 7470. The minimum atomic E-state index is 0.533. The van der Waals surface area contributed by atoms with Gasteiger partial charge in [0.2, 0.25) is 0 Å². The van der Waals surface area contributed by atoms with E-state index >= 15 is 0 Å². The van der Waals surface area contributed by atoms with Gasteiger partial charge in [-0.3, -0.25) is 0 Å². The standard InChI is InChI=1S/C102H60N6O4/c1-4-15-61(16-5-1)64-27-33-67(34-28-64)97-103-98(69-37-31-66(32-38-69)70-21-14-22-71(51-70)73-39-45-83-81-23-10-12-25-89(81)109-92(83)56-73)105-100(104-97)77-43-49-86-85-46-40-74(57-93(85)112-96(86)60-77)72-44-50-91-88(55-72)87-47-41-75(58-94(87)111-91)79-52-78(63-19-8-3-9-20-63)53-80(54-79)102-107-99(68-35-29-65(30-36-68)62-17-6-2-7-18-62)106-101(108-102)76-42-48-84-82-24-11-13-26-90(82)110-95(84)59-76/h1-60H. The molecule has 0 radical (unpaired) electrons. The van der Waals surface area contributed by atoms with Gasteiger partial charge >= 0.3 is 0 Å². The van der Waals surface area contributed by atoms with Crippen molar-refractivity contribution in [2.24, 2.45) is 0 Å². The van der Waals surface area contributed by atoms with Crippen molar-refractivity contribution in [3.8, 4) is 146 Å². The van der Waals surface area contributed by atoms with E-state index in [1.807, 2.05) is 66.7 Å². The molecule has 10 heteroatoms. The Labute approximate surface area is 641 Å². The largest absolute Gasteiger partial charge is 0.456 e. The van der Waals surface area contributed by atoms with Crippen molar-refractivity contribution in [3.05, 3.63) is 364 Å². The molecule has 0 amide bonds. The van der Waals surface area contributed by atoms with Gasteiger partial charge in [0.05, 0.1) is 0 Å². The molecule has 112 heavy (non-hydrogen) atoms. The van der Waals surface area contributed by atoms with E-state index in [0.717, 1.165) is 199 Å². The van der Waals surface area contributed by atoms with E-state index in [-0.39, 0.29) is 0 Å². The molecule has 0 atom stereocenters. The Morgan fingerprint density at radius 3 is 0.777 bits per heavy atom. The quantitative estimate of drug-likeness (QED) is 0.110. The molecule has 6 aromatic heterocycles. The Balaban J connectivity index is 0.583. The van der Waals surface area contributed by atoms with Gasteiger partial charge < -0.3 is 17.7 Å². The normalized spacial score (nSPS) is 11.8. The summed E-state index contributed by atoms with van der Waals surface area (Å²) in [6.45, 7) is 0. The lowest BCUT2D eigenvalue weighted by molar-refractivity contribution is 0.668. The number of nitrogens with zero attached hydrogens (tertiary/aromatic N) is 6. The summed E-state index contributed by atoms with van der Waals surface area (Å²) in [7, 11) is 0. The van der Waals surface area contributed by atoms with Crippen LogP contribution in [0.3, 0.4) is 0 Å². The molecule has 0 spiro atoms. The third-order valence-corrected chi connectivity index (χ3v) is 21.6. The summed E-state index contributed by atoms with van der Waals surface area (Å²) in [5.74, 6) is 3.29. The molecule has 0 N–H and O–H groups in total. The van der Waals surface area contributed by atoms with Gasteiger partial charge in [0.25, 0.3) is 0 Å². The first-order valence-corrected chi connectivity index (χ1v) is 37.4. The lowest BCUT2D eigenvalue weighted by Crippen LogP contribution is -2.00. The number of rotatable bonds is 13. The fraction of sp³-hybridized carbons (Fsp3) is 0. The molecule has 0 saturated carbocycles. The zero-order valence-electron chi connectivity index (χ0n) is 60.0. The second kappa shape index (κ2) is 26.3. The average molecular weight is 1430 g/mol. The van der Waals surface area contributed by atoms with E-state index in [0.29, 0.717) is 34.9 Å². The highest BCUT2D eigenvalue weighted by atomic mass is 16.3. The minimum Gasteiger partial charge on any atom is -0.456 e. The topological polar surface area (TPSA) is 130 Å². The maximum absolute atomic E-state index is 6.84. The molecule has 0 aliphatic carbocycles. The van der Waals surface area contributed by atoms with E-state index < -0.39 is 0 Å². The number of para-hydroxylation sites is 2. The van der Waals surface area contributed by atoms with Crippen LogP contribution in [0, 0.1) is 0 Å². The fourth-order valence-electron chi connectivity index (χ4n) is 15.8. The molecule has 6 heterocycles. The van der Waals surface area contributed by atoms with Crippen LogP contribution in [0.5, 0.6) is 0 Å². The summed E-state index contributed by atoms with van der Waals surface area (Å²) >= 11 is 0. The number of aromatic nitrogens is 6. The van der Waals surface area contributed by atoms with Gasteiger partial charge in [0, 0.05) is 76.5 Å². The maximum Gasteiger partial charge on any atom is 0.164 e. The highest BCUT2D eigenvalue weighted by Gasteiger charge is 2.22. The van der Waals surface area contributed by atoms with E-state index in [1.165, 1.54) is 0 Å². The molecule has 0 saturated heterocycles. The SMILES string of the molecule is c1ccc(-c2ccc(-c3nc(-c4cc(-c5ccccc5)cc(-c5ccc6c(c5)oc5ccc(-c7ccc8c(c7)oc7cc(-c9nc(-c%10ccc(-c%11ccccc%11)cc%10)nc(-c%10ccc(-c%11cccc(-c%12ccc%13c(c%12)oc%12ccccc%12%13)c%11)cc%10)n9)ccc78)cc56)c4)nc(-c4ccc5c(c4)oc4ccccc45)n3)cc2)cc1. The van der Waals surface area contributed by atoms with Gasteiger partial charge in [0.15, 0.2) is 34.9 Å². The molecule has 0 bridgehead atoms. The smallest absolute Gasteiger partial charge is 0.164 e. The molecule has 0 unspecified atom stereocenters. The Morgan fingerprint density at radius 2 is 0.339 bits per heavy atom. The highest BCUT2D eigenvalue weighted by Crippen LogP contribution is 2.43. The first-order valence-electron chi connectivity index (χ1n) is 37.4. The monoisotopic (exact) mass is 1430 g/mol. The van der Waals surface area contributed by atoms with Crippen molar-refractivity contribution in [1.82, 2.24) is 29.9 Å². The van der Waals surface area contributed by atoms with Gasteiger partial charge in [-0.25, -0.2) is 29.9 Å². The summed E-state index contributed by atoms with van der Waals surface area (Å²) in [5.41, 5.74) is 26.4. The van der Waals surface area contributed by atoms with Crippen LogP contribution in [0.2, 0.25) is 0 Å². The van der Waals surface area contributed by atoms with E-state index in [9.17, 15) is 0 Å². The van der Waals surface area contributed by atoms with Crippen LogP contribution in [0.25, 0.3) is 234 Å². The average Bonchev–Trinajstić information content (AvgIpc) is 1.54. The minimum absolute atomic E-state index is 0.533. The summed E-state index contributed by atoms with van der Waals surface area (Å²) in [4.78, 5) is 31.4. The fourth-order valence-corrected chi connectivity index (χ4v) is 15.8. The predicted octanol–water partition coefficient (Wildman–Crippen LogP) is 27.3. The van der Waals surface area contributed by atoms with Crippen molar-refractivity contribution in [1.29, 1.82) is 0 Å². The highest BCUT2D eigenvalue weighted by molar-refractivity contribution is 6.11. The van der Waals surface area contributed by atoms with E-state index in [4.69, 9.17) is 47.6 Å². The van der Waals surface area contributed by atoms with Crippen molar-refractivity contribution < 1.29 is 17.7 Å².